The second-order valence-electron chi connectivity index (χ2n) is 7.07. The van der Waals surface area contributed by atoms with E-state index in [1.54, 1.807) is 28.8 Å². The lowest BCUT2D eigenvalue weighted by molar-refractivity contribution is -0.113. The van der Waals surface area contributed by atoms with Gasteiger partial charge in [0.25, 0.3) is 0 Å². The van der Waals surface area contributed by atoms with Crippen LogP contribution in [0.3, 0.4) is 0 Å². The Labute approximate surface area is 209 Å². The highest BCUT2D eigenvalue weighted by atomic mass is 32.2. The van der Waals surface area contributed by atoms with Gasteiger partial charge in [0, 0.05) is 13.0 Å². The lowest BCUT2D eigenvalue weighted by Crippen LogP contribution is -2.26. The Hall–Kier alpha value is -3.14. The van der Waals surface area contributed by atoms with Gasteiger partial charge in [-0.05, 0) is 42.8 Å². The molecule has 0 aliphatic heterocycles. The number of hydrogen-bond donors (Lipinski definition) is 2. The molecule has 0 fully saturated rings. The topological polar surface area (TPSA) is 153 Å². The summed E-state index contributed by atoms with van der Waals surface area (Å²) in [7, 11) is -2.17. The summed E-state index contributed by atoms with van der Waals surface area (Å²) in [6.45, 7) is 2.08. The number of fused-ring (bicyclic) bond motifs is 1. The fourth-order valence-electron chi connectivity index (χ4n) is 2.93. The highest BCUT2D eigenvalue weighted by molar-refractivity contribution is 7.99. The van der Waals surface area contributed by atoms with Gasteiger partial charge in [-0.1, -0.05) is 30.0 Å². The third-order valence-electron chi connectivity index (χ3n) is 4.68. The third-order valence-corrected chi connectivity index (χ3v) is 8.06. The molecule has 12 nitrogen and oxygen atoms in total. The molecule has 0 aliphatic rings. The third kappa shape index (κ3) is 6.30. The van der Waals surface area contributed by atoms with Crippen LogP contribution in [0.2, 0.25) is 0 Å². The Kier molecular flexibility index (Phi) is 7.90. The van der Waals surface area contributed by atoms with Gasteiger partial charge in [-0.15, -0.1) is 20.4 Å². The highest BCUT2D eigenvalue weighted by Gasteiger charge is 2.15. The van der Waals surface area contributed by atoms with E-state index in [0.29, 0.717) is 27.4 Å². The first-order chi connectivity index (χ1) is 16.9. The average molecular weight is 535 g/mol. The number of sulfonamides is 1. The number of aryl methyl sites for hydroxylation is 1. The molecule has 0 saturated carbocycles. The molecule has 35 heavy (non-hydrogen) atoms. The standard InChI is InChI=1S/C20H22N8O4S3/c1-3-18-25-26-20(34-18)22-17(29)12-33-19-9-8-15-23-24-16(28(15)27-19)10-11-21-35(30,31)14-6-4-13(32-2)5-7-14/h4-9,21H,3,10-12H2,1-2H3,(H,22,26,29). The Morgan fingerprint density at radius 1 is 1.11 bits per heavy atom. The Morgan fingerprint density at radius 2 is 1.91 bits per heavy atom. The van der Waals surface area contributed by atoms with E-state index in [9.17, 15) is 13.2 Å². The van der Waals surface area contributed by atoms with Crippen molar-refractivity contribution in [1.82, 2.24) is 34.7 Å². The smallest absolute Gasteiger partial charge is 0.240 e. The summed E-state index contributed by atoms with van der Waals surface area (Å²) in [6.07, 6.45) is 1.03. The maximum atomic E-state index is 12.5. The minimum Gasteiger partial charge on any atom is -0.497 e. The van der Waals surface area contributed by atoms with Crippen molar-refractivity contribution in [2.75, 3.05) is 24.7 Å². The quantitative estimate of drug-likeness (QED) is 0.272. The van der Waals surface area contributed by atoms with E-state index >= 15 is 0 Å². The molecule has 2 N–H and O–H groups in total. The van der Waals surface area contributed by atoms with Gasteiger partial charge in [0.05, 0.1) is 17.8 Å². The fraction of sp³-hybridized carbons (Fsp3) is 0.300. The zero-order valence-corrected chi connectivity index (χ0v) is 21.3. The van der Waals surface area contributed by atoms with Gasteiger partial charge >= 0.3 is 0 Å². The van der Waals surface area contributed by atoms with E-state index in [4.69, 9.17) is 4.74 Å². The van der Waals surface area contributed by atoms with E-state index in [2.05, 4.69) is 35.5 Å². The van der Waals surface area contributed by atoms with Crippen LogP contribution in [0.1, 0.15) is 17.8 Å². The van der Waals surface area contributed by atoms with Crippen LogP contribution in [-0.2, 0) is 27.7 Å². The fourth-order valence-corrected chi connectivity index (χ4v) is 5.31. The van der Waals surface area contributed by atoms with Crippen LogP contribution in [0.15, 0.2) is 46.3 Å². The Morgan fingerprint density at radius 3 is 2.63 bits per heavy atom. The first-order valence-corrected chi connectivity index (χ1v) is 13.8. The van der Waals surface area contributed by atoms with Crippen LogP contribution >= 0.6 is 23.1 Å². The van der Waals surface area contributed by atoms with Crippen molar-refractivity contribution >= 4 is 49.8 Å². The summed E-state index contributed by atoms with van der Waals surface area (Å²) in [6, 6.07) is 9.60. The summed E-state index contributed by atoms with van der Waals surface area (Å²) < 4.78 is 34.2. The Bertz CT molecular complexity index is 1420. The lowest BCUT2D eigenvalue weighted by Gasteiger charge is -2.07. The van der Waals surface area contributed by atoms with Gasteiger partial charge in [-0.3, -0.25) is 10.1 Å². The monoisotopic (exact) mass is 534 g/mol. The number of ether oxygens (including phenoxy) is 1. The first-order valence-electron chi connectivity index (χ1n) is 10.5. The molecule has 0 aliphatic carbocycles. The van der Waals surface area contributed by atoms with Crippen molar-refractivity contribution < 1.29 is 17.9 Å². The zero-order valence-electron chi connectivity index (χ0n) is 18.8. The first kappa shape index (κ1) is 25.0. The number of hydrogen-bond acceptors (Lipinski definition) is 11. The average Bonchev–Trinajstić information content (AvgIpc) is 3.49. The van der Waals surface area contributed by atoms with Crippen LogP contribution < -0.4 is 14.8 Å². The van der Waals surface area contributed by atoms with Crippen LogP contribution in [0.25, 0.3) is 5.65 Å². The maximum Gasteiger partial charge on any atom is 0.240 e. The molecule has 1 aromatic carbocycles. The number of amides is 1. The molecule has 15 heteroatoms. The molecule has 3 heterocycles. The molecule has 0 atom stereocenters. The number of methoxy groups -OCH3 is 1. The predicted octanol–water partition coefficient (Wildman–Crippen LogP) is 1.80. The number of nitrogens with one attached hydrogen (secondary N) is 2. The molecular formula is C20H22N8O4S3. The molecule has 3 aromatic heterocycles. The number of rotatable bonds is 11. The molecule has 1 amide bonds. The molecule has 4 aromatic rings. The van der Waals surface area contributed by atoms with E-state index in [1.807, 2.05) is 6.92 Å². The lowest BCUT2D eigenvalue weighted by atomic mass is 10.3. The van der Waals surface area contributed by atoms with E-state index < -0.39 is 10.0 Å². The number of nitrogens with zero attached hydrogens (tertiary/aromatic N) is 6. The van der Waals surface area contributed by atoms with Crippen molar-refractivity contribution in [3.8, 4) is 5.75 Å². The van der Waals surface area contributed by atoms with Gasteiger partial charge < -0.3 is 4.74 Å². The molecular weight excluding hydrogens is 512 g/mol. The van der Waals surface area contributed by atoms with Crippen molar-refractivity contribution in [1.29, 1.82) is 0 Å². The summed E-state index contributed by atoms with van der Waals surface area (Å²) in [5.41, 5.74) is 0.521. The van der Waals surface area contributed by atoms with Crippen LogP contribution in [0.5, 0.6) is 5.75 Å². The number of carbonyl (C=O) groups excluding carboxylic acids is 1. The summed E-state index contributed by atoms with van der Waals surface area (Å²) in [5.74, 6) is 0.985. The van der Waals surface area contributed by atoms with Crippen molar-refractivity contribution in [2.24, 2.45) is 0 Å². The highest BCUT2D eigenvalue weighted by Crippen LogP contribution is 2.19. The predicted molar refractivity (Wildman–Crippen MR) is 131 cm³/mol. The summed E-state index contributed by atoms with van der Waals surface area (Å²) in [5, 5.41) is 25.2. The van der Waals surface area contributed by atoms with Gasteiger partial charge in [0.2, 0.25) is 21.1 Å². The molecule has 4 rings (SSSR count). The zero-order chi connectivity index (χ0) is 24.8. The number of carbonyl (C=O) groups is 1. The van der Waals surface area contributed by atoms with E-state index in [1.165, 1.54) is 42.3 Å². The van der Waals surface area contributed by atoms with E-state index in [-0.39, 0.29) is 29.5 Å². The number of thioether (sulfide) groups is 1. The van der Waals surface area contributed by atoms with Gasteiger partial charge in [0.1, 0.15) is 15.8 Å². The molecule has 0 unspecified atom stereocenters. The number of anilines is 1. The second kappa shape index (κ2) is 11.1. The SMILES string of the molecule is CCc1nnc(NC(=O)CSc2ccc3nnc(CCNS(=O)(=O)c4ccc(OC)cc4)n3n2)s1. The largest absolute Gasteiger partial charge is 0.497 e. The maximum absolute atomic E-state index is 12.5. The van der Waals surface area contributed by atoms with Gasteiger partial charge in [-0.2, -0.15) is 9.61 Å². The van der Waals surface area contributed by atoms with Gasteiger partial charge in [-0.25, -0.2) is 13.1 Å². The number of benzene rings is 1. The van der Waals surface area contributed by atoms with Crippen molar-refractivity contribution in [2.45, 2.75) is 29.7 Å². The minimum absolute atomic E-state index is 0.109. The Balaban J connectivity index is 1.34. The van der Waals surface area contributed by atoms with Crippen LogP contribution in [0, 0.1) is 0 Å². The normalized spacial score (nSPS) is 11.6. The van der Waals surface area contributed by atoms with Crippen LogP contribution in [0.4, 0.5) is 5.13 Å². The van der Waals surface area contributed by atoms with Gasteiger partial charge in [0.15, 0.2) is 11.5 Å². The summed E-state index contributed by atoms with van der Waals surface area (Å²) in [4.78, 5) is 12.4. The molecule has 0 bridgehead atoms. The van der Waals surface area contributed by atoms with Crippen molar-refractivity contribution in [3.05, 3.63) is 47.2 Å². The summed E-state index contributed by atoms with van der Waals surface area (Å²) >= 11 is 2.59. The molecule has 0 radical (unpaired) electrons. The molecule has 0 saturated heterocycles. The number of aromatic nitrogens is 6. The van der Waals surface area contributed by atoms with Crippen LogP contribution in [-0.4, -0.2) is 63.7 Å². The van der Waals surface area contributed by atoms with Crippen molar-refractivity contribution in [3.63, 3.8) is 0 Å². The second-order valence-corrected chi connectivity index (χ2v) is 10.9. The molecule has 184 valence electrons. The minimum atomic E-state index is -3.68. The molecule has 0 spiro atoms. The van der Waals surface area contributed by atoms with E-state index in [0.717, 1.165) is 11.4 Å².